The van der Waals surface area contributed by atoms with E-state index in [9.17, 15) is 9.59 Å². The first kappa shape index (κ1) is 15.9. The topological polar surface area (TPSA) is 67.4 Å². The lowest BCUT2D eigenvalue weighted by Crippen LogP contribution is -2.47. The highest BCUT2D eigenvalue weighted by atomic mass is 16.5. The summed E-state index contributed by atoms with van der Waals surface area (Å²) in [5, 5.41) is 5.71. The number of carbonyl (C=O) groups excluding carboxylic acids is 2. The van der Waals surface area contributed by atoms with Crippen molar-refractivity contribution in [1.29, 1.82) is 0 Å². The monoisotopic (exact) mass is 244 g/mol. The molecule has 0 saturated carbocycles. The summed E-state index contributed by atoms with van der Waals surface area (Å²) < 4.78 is 4.62. The Hall–Kier alpha value is -1.10. The highest BCUT2D eigenvalue weighted by Gasteiger charge is 2.18. The minimum absolute atomic E-state index is 0.229. The zero-order valence-electron chi connectivity index (χ0n) is 11.0. The van der Waals surface area contributed by atoms with Gasteiger partial charge in [0.25, 0.3) is 0 Å². The molecule has 2 N–H and O–H groups in total. The molecule has 0 bridgehead atoms. The second-order valence-corrected chi connectivity index (χ2v) is 4.04. The van der Waals surface area contributed by atoms with Crippen LogP contribution in [0.4, 0.5) is 0 Å². The summed E-state index contributed by atoms with van der Waals surface area (Å²) in [6.45, 7) is 4.82. The Balaban J connectivity index is 3.76. The normalized spacial score (nSPS) is 11.9. The zero-order chi connectivity index (χ0) is 13.1. The van der Waals surface area contributed by atoms with E-state index in [1.807, 2.05) is 0 Å². The van der Waals surface area contributed by atoms with E-state index in [4.69, 9.17) is 0 Å². The van der Waals surface area contributed by atoms with Crippen LogP contribution < -0.4 is 10.6 Å². The molecule has 0 radical (unpaired) electrons. The van der Waals surface area contributed by atoms with Gasteiger partial charge in [-0.15, -0.1) is 0 Å². The van der Waals surface area contributed by atoms with Gasteiger partial charge in [-0.1, -0.05) is 26.2 Å². The lowest BCUT2D eigenvalue weighted by molar-refractivity contribution is -0.144. The van der Waals surface area contributed by atoms with Crippen molar-refractivity contribution in [2.24, 2.45) is 0 Å². The molecule has 5 heteroatoms. The summed E-state index contributed by atoms with van der Waals surface area (Å²) in [5.41, 5.74) is 0. The Morgan fingerprint density at radius 1 is 1.24 bits per heavy atom. The number of hydrogen-bond donors (Lipinski definition) is 2. The largest absolute Gasteiger partial charge is 0.467 e. The molecule has 1 unspecified atom stereocenters. The molecule has 1 atom stereocenters. The maximum atomic E-state index is 11.3. The first-order valence-corrected chi connectivity index (χ1v) is 6.17. The highest BCUT2D eigenvalue weighted by Crippen LogP contribution is 1.97. The third kappa shape index (κ3) is 8.68. The summed E-state index contributed by atoms with van der Waals surface area (Å²) in [7, 11) is 1.32. The van der Waals surface area contributed by atoms with Gasteiger partial charge in [-0.05, 0) is 13.0 Å². The van der Waals surface area contributed by atoms with Crippen molar-refractivity contribution in [3.8, 4) is 0 Å². The first-order valence-electron chi connectivity index (χ1n) is 6.17. The van der Waals surface area contributed by atoms with Crippen molar-refractivity contribution in [2.45, 2.75) is 45.6 Å². The molecule has 1 amide bonds. The van der Waals surface area contributed by atoms with Crippen molar-refractivity contribution in [3.63, 3.8) is 0 Å². The van der Waals surface area contributed by atoms with E-state index in [2.05, 4.69) is 22.3 Å². The minimum atomic E-state index is -0.594. The Bertz CT molecular complexity index is 232. The van der Waals surface area contributed by atoms with Gasteiger partial charge in [0.05, 0.1) is 7.11 Å². The lowest BCUT2D eigenvalue weighted by atomic mass is 10.2. The van der Waals surface area contributed by atoms with Crippen LogP contribution in [0.15, 0.2) is 0 Å². The minimum Gasteiger partial charge on any atom is -0.467 e. The van der Waals surface area contributed by atoms with E-state index in [0.29, 0.717) is 6.54 Å². The van der Waals surface area contributed by atoms with Crippen molar-refractivity contribution in [3.05, 3.63) is 0 Å². The van der Waals surface area contributed by atoms with E-state index in [1.165, 1.54) is 33.3 Å². The predicted molar refractivity (Wildman–Crippen MR) is 66.6 cm³/mol. The number of methoxy groups -OCH3 is 1. The van der Waals surface area contributed by atoms with Gasteiger partial charge in [0, 0.05) is 13.5 Å². The summed E-state index contributed by atoms with van der Waals surface area (Å²) >= 11 is 0. The quantitative estimate of drug-likeness (QED) is 0.466. The van der Waals surface area contributed by atoms with Crippen molar-refractivity contribution >= 4 is 11.9 Å². The average Bonchev–Trinajstić information content (AvgIpc) is 2.30. The van der Waals surface area contributed by atoms with Crippen LogP contribution in [0.1, 0.15) is 39.5 Å². The molecular weight excluding hydrogens is 220 g/mol. The van der Waals surface area contributed by atoms with E-state index in [1.54, 1.807) is 0 Å². The molecule has 5 nitrogen and oxygen atoms in total. The Morgan fingerprint density at radius 3 is 2.47 bits per heavy atom. The van der Waals surface area contributed by atoms with E-state index < -0.39 is 12.0 Å². The molecule has 0 heterocycles. The van der Waals surface area contributed by atoms with Gasteiger partial charge in [0.1, 0.15) is 6.04 Å². The van der Waals surface area contributed by atoms with Crippen LogP contribution in [-0.4, -0.2) is 38.1 Å². The van der Waals surface area contributed by atoms with E-state index in [-0.39, 0.29) is 5.91 Å². The standard InChI is InChI=1S/C12H24N2O3/c1-4-5-6-7-8-13-9-11(12(16)17-3)14-10(2)15/h11,13H,4-9H2,1-3H3,(H,14,15). The van der Waals surface area contributed by atoms with Gasteiger partial charge in [-0.3, -0.25) is 4.79 Å². The maximum Gasteiger partial charge on any atom is 0.329 e. The van der Waals surface area contributed by atoms with Gasteiger partial charge in [0.15, 0.2) is 0 Å². The molecule has 0 fully saturated rings. The predicted octanol–water partition coefficient (Wildman–Crippen LogP) is 0.834. The van der Waals surface area contributed by atoms with Crippen molar-refractivity contribution in [1.82, 2.24) is 10.6 Å². The number of nitrogens with one attached hydrogen (secondary N) is 2. The Morgan fingerprint density at radius 2 is 1.94 bits per heavy atom. The third-order valence-electron chi connectivity index (χ3n) is 2.42. The van der Waals surface area contributed by atoms with Crippen molar-refractivity contribution < 1.29 is 14.3 Å². The Kier molecular flexibility index (Phi) is 9.43. The van der Waals surface area contributed by atoms with Gasteiger partial charge in [-0.25, -0.2) is 4.79 Å². The fourth-order valence-electron chi connectivity index (χ4n) is 1.50. The van der Waals surface area contributed by atoms with Gasteiger partial charge in [0.2, 0.25) is 5.91 Å². The number of esters is 1. The second-order valence-electron chi connectivity index (χ2n) is 4.04. The first-order chi connectivity index (χ1) is 8.11. The van der Waals surface area contributed by atoms with Crippen LogP contribution >= 0.6 is 0 Å². The fourth-order valence-corrected chi connectivity index (χ4v) is 1.50. The molecule has 0 spiro atoms. The number of ether oxygens (including phenoxy) is 1. The number of rotatable bonds is 9. The van der Waals surface area contributed by atoms with Crippen LogP contribution in [0, 0.1) is 0 Å². The van der Waals surface area contributed by atoms with Gasteiger partial charge < -0.3 is 15.4 Å². The molecule has 0 aromatic heterocycles. The molecule has 0 aliphatic heterocycles. The maximum absolute atomic E-state index is 11.3. The average molecular weight is 244 g/mol. The number of amides is 1. The molecule has 0 aromatic rings. The summed E-state index contributed by atoms with van der Waals surface area (Å²) in [4.78, 5) is 22.2. The van der Waals surface area contributed by atoms with Crippen LogP contribution in [0.3, 0.4) is 0 Å². The van der Waals surface area contributed by atoms with Crippen LogP contribution in [0.2, 0.25) is 0 Å². The lowest BCUT2D eigenvalue weighted by Gasteiger charge is -2.15. The molecule has 100 valence electrons. The molecule has 0 aliphatic rings. The van der Waals surface area contributed by atoms with Crippen molar-refractivity contribution in [2.75, 3.05) is 20.2 Å². The van der Waals surface area contributed by atoms with E-state index >= 15 is 0 Å². The summed E-state index contributed by atoms with van der Waals surface area (Å²) in [5.74, 6) is -0.644. The molecule has 0 rings (SSSR count). The molecule has 0 saturated heterocycles. The molecule has 17 heavy (non-hydrogen) atoms. The SMILES string of the molecule is CCCCCCNCC(NC(C)=O)C(=O)OC. The van der Waals surface area contributed by atoms with Crippen LogP contribution in [-0.2, 0) is 14.3 Å². The van der Waals surface area contributed by atoms with Gasteiger partial charge >= 0.3 is 5.97 Å². The number of carbonyl (C=O) groups is 2. The molecule has 0 aliphatic carbocycles. The third-order valence-corrected chi connectivity index (χ3v) is 2.42. The fraction of sp³-hybridized carbons (Fsp3) is 0.833. The highest BCUT2D eigenvalue weighted by molar-refractivity contribution is 5.83. The molecule has 0 aromatic carbocycles. The number of hydrogen-bond acceptors (Lipinski definition) is 4. The Labute approximate surface area is 103 Å². The second kappa shape index (κ2) is 10.1. The zero-order valence-corrected chi connectivity index (χ0v) is 11.0. The molecular formula is C12H24N2O3. The van der Waals surface area contributed by atoms with Crippen LogP contribution in [0.5, 0.6) is 0 Å². The number of unbranched alkanes of at least 4 members (excludes halogenated alkanes) is 3. The smallest absolute Gasteiger partial charge is 0.329 e. The summed E-state index contributed by atoms with van der Waals surface area (Å²) in [6, 6.07) is -0.594. The van der Waals surface area contributed by atoms with Gasteiger partial charge in [-0.2, -0.15) is 0 Å². The van der Waals surface area contributed by atoms with E-state index in [0.717, 1.165) is 13.0 Å². The summed E-state index contributed by atoms with van der Waals surface area (Å²) in [6.07, 6.45) is 4.71. The van der Waals surface area contributed by atoms with Crippen LogP contribution in [0.25, 0.3) is 0 Å².